The summed E-state index contributed by atoms with van der Waals surface area (Å²) in [5, 5.41) is 0. The van der Waals surface area contributed by atoms with Crippen molar-refractivity contribution in [1.29, 1.82) is 0 Å². The zero-order valence-corrected chi connectivity index (χ0v) is 25.1. The predicted molar refractivity (Wildman–Crippen MR) is 160 cm³/mol. The van der Waals surface area contributed by atoms with Crippen LogP contribution in [0.25, 0.3) is 6.08 Å². The molecule has 0 aromatic heterocycles. The van der Waals surface area contributed by atoms with E-state index in [0.29, 0.717) is 41.2 Å². The molecule has 214 valence electrons. The Morgan fingerprint density at radius 1 is 0.800 bits per heavy atom. The average Bonchev–Trinajstić information content (AvgIpc) is 2.85. The maximum Gasteiger partial charge on any atom is 0.316 e. The lowest BCUT2D eigenvalue weighted by Gasteiger charge is -2.24. The molecule has 0 N–H and O–H groups in total. The van der Waals surface area contributed by atoms with Gasteiger partial charge in [0, 0.05) is 5.56 Å². The highest BCUT2D eigenvalue weighted by Gasteiger charge is 2.28. The molecule has 0 atom stereocenters. The number of allylic oxidation sites excluding steroid dienone is 3. The van der Waals surface area contributed by atoms with Gasteiger partial charge in [-0.05, 0) is 122 Å². The molecule has 0 aliphatic heterocycles. The van der Waals surface area contributed by atoms with E-state index >= 15 is 0 Å². The van der Waals surface area contributed by atoms with E-state index in [1.54, 1.807) is 84.0 Å². The number of carbonyl (C=O) groups excluding carboxylic acids is 3. The Bertz CT molecular complexity index is 1280. The highest BCUT2D eigenvalue weighted by molar-refractivity contribution is 6.07. The summed E-state index contributed by atoms with van der Waals surface area (Å²) in [5.74, 6) is 0.152. The maximum atomic E-state index is 13.2. The molecule has 2 aromatic carbocycles. The Labute approximate surface area is 238 Å². The lowest BCUT2D eigenvalue weighted by Crippen LogP contribution is -2.26. The molecule has 2 rings (SSSR count). The molecular formula is C34H42O6. The minimum Gasteiger partial charge on any atom is -0.490 e. The van der Waals surface area contributed by atoms with Gasteiger partial charge in [-0.2, -0.15) is 0 Å². The minimum atomic E-state index is -0.751. The summed E-state index contributed by atoms with van der Waals surface area (Å²) in [6.45, 7) is 22.2. The Hall–Kier alpha value is -3.93. The van der Waals surface area contributed by atoms with E-state index in [-0.39, 0.29) is 17.9 Å². The SMILES string of the molecule is C=CCc1cc(CC=C)c(OC(C)C)c(/C=C/C(=O)c2ccc(OC(=O)C(C)(C)C)cc2)c1OC(=O)C(C)(C)C. The van der Waals surface area contributed by atoms with Crippen LogP contribution in [0.2, 0.25) is 0 Å². The monoisotopic (exact) mass is 546 g/mol. The lowest BCUT2D eigenvalue weighted by atomic mass is 9.95. The van der Waals surface area contributed by atoms with Crippen molar-refractivity contribution in [1.82, 2.24) is 0 Å². The van der Waals surface area contributed by atoms with Crippen LogP contribution >= 0.6 is 0 Å². The van der Waals surface area contributed by atoms with E-state index < -0.39 is 16.8 Å². The van der Waals surface area contributed by atoms with Crippen LogP contribution in [0.4, 0.5) is 0 Å². The number of hydrogen-bond acceptors (Lipinski definition) is 6. The van der Waals surface area contributed by atoms with Gasteiger partial charge >= 0.3 is 11.9 Å². The summed E-state index contributed by atoms with van der Waals surface area (Å²) in [6.07, 6.45) is 7.34. The first-order chi connectivity index (χ1) is 18.6. The van der Waals surface area contributed by atoms with Gasteiger partial charge in [0.15, 0.2) is 5.78 Å². The molecule has 0 saturated carbocycles. The molecule has 0 aliphatic rings. The Morgan fingerprint density at radius 3 is 1.77 bits per heavy atom. The van der Waals surface area contributed by atoms with E-state index in [9.17, 15) is 14.4 Å². The number of hydrogen-bond donors (Lipinski definition) is 0. The molecule has 40 heavy (non-hydrogen) atoms. The lowest BCUT2D eigenvalue weighted by molar-refractivity contribution is -0.143. The molecule has 0 radical (unpaired) electrons. The van der Waals surface area contributed by atoms with Crippen LogP contribution in [-0.4, -0.2) is 23.8 Å². The predicted octanol–water partition coefficient (Wildman–Crippen LogP) is 7.73. The topological polar surface area (TPSA) is 78.9 Å². The van der Waals surface area contributed by atoms with E-state index in [1.807, 2.05) is 19.9 Å². The van der Waals surface area contributed by atoms with Crippen molar-refractivity contribution in [2.75, 3.05) is 0 Å². The van der Waals surface area contributed by atoms with Crippen LogP contribution in [0.1, 0.15) is 82.4 Å². The fourth-order valence-corrected chi connectivity index (χ4v) is 3.50. The smallest absolute Gasteiger partial charge is 0.316 e. The highest BCUT2D eigenvalue weighted by Crippen LogP contribution is 2.40. The summed E-state index contributed by atoms with van der Waals surface area (Å²) in [6, 6.07) is 8.30. The zero-order chi connectivity index (χ0) is 30.3. The quantitative estimate of drug-likeness (QED) is 0.0943. The Kier molecular flexibility index (Phi) is 10.8. The second-order valence-electron chi connectivity index (χ2n) is 11.9. The van der Waals surface area contributed by atoms with E-state index in [4.69, 9.17) is 14.2 Å². The molecule has 0 fully saturated rings. The van der Waals surface area contributed by atoms with E-state index in [1.165, 1.54) is 6.08 Å². The summed E-state index contributed by atoms with van der Waals surface area (Å²) in [5.41, 5.74) is 1.10. The van der Waals surface area contributed by atoms with Crippen molar-refractivity contribution in [3.63, 3.8) is 0 Å². The third-order valence-corrected chi connectivity index (χ3v) is 5.67. The van der Waals surface area contributed by atoms with Gasteiger partial charge in [-0.25, -0.2) is 0 Å². The van der Waals surface area contributed by atoms with Gasteiger partial charge in [0.1, 0.15) is 17.2 Å². The largest absolute Gasteiger partial charge is 0.490 e. The molecule has 0 bridgehead atoms. The average molecular weight is 547 g/mol. The molecule has 2 aromatic rings. The molecule has 0 heterocycles. The number of benzene rings is 2. The third-order valence-electron chi connectivity index (χ3n) is 5.67. The van der Waals surface area contributed by atoms with Crippen molar-refractivity contribution >= 4 is 23.8 Å². The fraction of sp³-hybridized carbons (Fsp3) is 0.382. The van der Waals surface area contributed by atoms with Gasteiger partial charge in [-0.15, -0.1) is 13.2 Å². The van der Waals surface area contributed by atoms with Gasteiger partial charge < -0.3 is 14.2 Å². The molecular weight excluding hydrogens is 504 g/mol. The van der Waals surface area contributed by atoms with Crippen LogP contribution in [0.3, 0.4) is 0 Å². The number of carbonyl (C=O) groups is 3. The highest BCUT2D eigenvalue weighted by atomic mass is 16.5. The number of rotatable bonds is 11. The summed E-state index contributed by atoms with van der Waals surface area (Å²) >= 11 is 0. The second kappa shape index (κ2) is 13.4. The Balaban J connectivity index is 2.60. The normalized spacial score (nSPS) is 11.8. The van der Waals surface area contributed by atoms with Gasteiger partial charge in [-0.3, -0.25) is 14.4 Å². The van der Waals surface area contributed by atoms with Gasteiger partial charge in [0.05, 0.1) is 22.5 Å². The standard InChI is InChI=1S/C34H42O6/c1-11-13-24-21-25(14-12-2)30(40-32(37)34(8,9)10)27(29(24)38-22(3)4)19-20-28(35)23-15-17-26(18-16-23)39-31(36)33(5,6)7/h11-12,15-22H,1-2,13-14H2,3-10H3/b20-19+. The molecule has 0 saturated heterocycles. The van der Waals surface area contributed by atoms with Crippen LogP contribution in [0.5, 0.6) is 17.2 Å². The third kappa shape index (κ3) is 8.80. The molecule has 0 unspecified atom stereocenters. The van der Waals surface area contributed by atoms with Crippen LogP contribution in [0, 0.1) is 10.8 Å². The van der Waals surface area contributed by atoms with Crippen molar-refractivity contribution in [2.45, 2.75) is 74.3 Å². The molecule has 0 amide bonds. The first kappa shape index (κ1) is 32.3. The van der Waals surface area contributed by atoms with Gasteiger partial charge in [-0.1, -0.05) is 12.2 Å². The Morgan fingerprint density at radius 2 is 1.30 bits per heavy atom. The molecule has 0 aliphatic carbocycles. The van der Waals surface area contributed by atoms with Crippen molar-refractivity contribution < 1.29 is 28.6 Å². The van der Waals surface area contributed by atoms with Crippen molar-refractivity contribution in [3.05, 3.63) is 84.0 Å². The number of esters is 2. The molecule has 6 nitrogen and oxygen atoms in total. The minimum absolute atomic E-state index is 0.175. The first-order valence-electron chi connectivity index (χ1n) is 13.4. The molecule has 6 heteroatoms. The second-order valence-corrected chi connectivity index (χ2v) is 11.9. The fourth-order valence-electron chi connectivity index (χ4n) is 3.50. The van der Waals surface area contributed by atoms with Crippen molar-refractivity contribution in [2.24, 2.45) is 10.8 Å². The number of ether oxygens (including phenoxy) is 3. The van der Waals surface area contributed by atoms with E-state index in [2.05, 4.69) is 13.2 Å². The van der Waals surface area contributed by atoms with Gasteiger partial charge in [0.2, 0.25) is 0 Å². The van der Waals surface area contributed by atoms with Gasteiger partial charge in [0.25, 0.3) is 0 Å². The first-order valence-corrected chi connectivity index (χ1v) is 13.4. The summed E-state index contributed by atoms with van der Waals surface area (Å²) in [4.78, 5) is 38.3. The van der Waals surface area contributed by atoms with Crippen LogP contribution in [-0.2, 0) is 22.4 Å². The van der Waals surface area contributed by atoms with Crippen LogP contribution in [0.15, 0.2) is 61.7 Å². The summed E-state index contributed by atoms with van der Waals surface area (Å²) < 4.78 is 17.6. The van der Waals surface area contributed by atoms with Crippen LogP contribution < -0.4 is 14.2 Å². The van der Waals surface area contributed by atoms with E-state index in [0.717, 1.165) is 11.1 Å². The summed E-state index contributed by atoms with van der Waals surface area (Å²) in [7, 11) is 0. The maximum absolute atomic E-state index is 13.2. The number of ketones is 1. The molecule has 0 spiro atoms. The zero-order valence-electron chi connectivity index (χ0n) is 25.1. The van der Waals surface area contributed by atoms with Crippen molar-refractivity contribution in [3.8, 4) is 17.2 Å².